The highest BCUT2D eigenvalue weighted by Crippen LogP contribution is 2.29. The molecule has 1 aliphatic carbocycles. The Kier molecular flexibility index (Phi) is 3.92. The number of hydrogen-bond donors (Lipinski definition) is 2. The molecule has 0 radical (unpaired) electrons. The van der Waals surface area contributed by atoms with Gasteiger partial charge in [-0.3, -0.25) is 9.59 Å². The molecule has 0 aromatic heterocycles. The number of amides is 1. The van der Waals surface area contributed by atoms with Crippen molar-refractivity contribution in [3.63, 3.8) is 0 Å². The van der Waals surface area contributed by atoms with Crippen LogP contribution >= 0.6 is 0 Å². The van der Waals surface area contributed by atoms with Crippen LogP contribution < -0.4 is 5.32 Å². The first-order valence-electron chi connectivity index (χ1n) is 5.08. The molecule has 0 saturated heterocycles. The average molecular weight is 199 g/mol. The fourth-order valence-electron chi connectivity index (χ4n) is 2.05. The number of rotatable bonds is 3. The SMILES string of the molecule is CC(=O)NC[C@@H]1CCCC[C@@H]1C(=O)O. The van der Waals surface area contributed by atoms with Crippen molar-refractivity contribution in [2.24, 2.45) is 11.8 Å². The van der Waals surface area contributed by atoms with Crippen LogP contribution in [0.3, 0.4) is 0 Å². The summed E-state index contributed by atoms with van der Waals surface area (Å²) in [5.41, 5.74) is 0. The van der Waals surface area contributed by atoms with E-state index in [2.05, 4.69) is 5.32 Å². The molecule has 0 aromatic carbocycles. The summed E-state index contributed by atoms with van der Waals surface area (Å²) >= 11 is 0. The quantitative estimate of drug-likeness (QED) is 0.713. The Hall–Kier alpha value is -1.06. The van der Waals surface area contributed by atoms with E-state index in [9.17, 15) is 9.59 Å². The molecular weight excluding hydrogens is 182 g/mol. The highest BCUT2D eigenvalue weighted by molar-refractivity contribution is 5.73. The van der Waals surface area contributed by atoms with Crippen LogP contribution in [0.5, 0.6) is 0 Å². The zero-order valence-electron chi connectivity index (χ0n) is 8.45. The molecule has 2 N–H and O–H groups in total. The summed E-state index contributed by atoms with van der Waals surface area (Å²) in [6.07, 6.45) is 3.73. The number of aliphatic carboxylic acids is 1. The minimum atomic E-state index is -0.722. The van der Waals surface area contributed by atoms with Crippen molar-refractivity contribution in [1.82, 2.24) is 5.32 Å². The van der Waals surface area contributed by atoms with E-state index >= 15 is 0 Å². The van der Waals surface area contributed by atoms with Gasteiger partial charge in [-0.2, -0.15) is 0 Å². The lowest BCUT2D eigenvalue weighted by Gasteiger charge is -2.28. The van der Waals surface area contributed by atoms with Crippen molar-refractivity contribution in [1.29, 1.82) is 0 Å². The molecule has 1 saturated carbocycles. The predicted molar refractivity (Wildman–Crippen MR) is 51.8 cm³/mol. The molecule has 0 heterocycles. The highest BCUT2D eigenvalue weighted by Gasteiger charge is 2.30. The van der Waals surface area contributed by atoms with Crippen LogP contribution in [0, 0.1) is 11.8 Å². The summed E-state index contributed by atoms with van der Waals surface area (Å²) < 4.78 is 0. The van der Waals surface area contributed by atoms with Gasteiger partial charge in [0.05, 0.1) is 5.92 Å². The molecule has 0 aromatic rings. The van der Waals surface area contributed by atoms with Gasteiger partial charge in [-0.25, -0.2) is 0 Å². The summed E-state index contributed by atoms with van der Waals surface area (Å²) in [6, 6.07) is 0. The van der Waals surface area contributed by atoms with Crippen LogP contribution in [0.15, 0.2) is 0 Å². The molecule has 0 aliphatic heterocycles. The number of nitrogens with one attached hydrogen (secondary N) is 1. The predicted octanol–water partition coefficient (Wildman–Crippen LogP) is 1.01. The third kappa shape index (κ3) is 3.01. The molecule has 1 rings (SSSR count). The van der Waals surface area contributed by atoms with Gasteiger partial charge in [0.2, 0.25) is 5.91 Å². The Morgan fingerprint density at radius 1 is 1.36 bits per heavy atom. The second kappa shape index (κ2) is 4.98. The Bertz CT molecular complexity index is 227. The lowest BCUT2D eigenvalue weighted by molar-refractivity contribution is -0.145. The van der Waals surface area contributed by atoms with Crippen LogP contribution in [0.1, 0.15) is 32.6 Å². The molecule has 4 nitrogen and oxygen atoms in total. The molecule has 0 unspecified atom stereocenters. The van der Waals surface area contributed by atoms with E-state index in [4.69, 9.17) is 5.11 Å². The van der Waals surface area contributed by atoms with Crippen molar-refractivity contribution < 1.29 is 14.7 Å². The lowest BCUT2D eigenvalue weighted by Crippen LogP contribution is -2.36. The van der Waals surface area contributed by atoms with Crippen LogP contribution in [0.4, 0.5) is 0 Å². The molecule has 2 atom stereocenters. The fourth-order valence-corrected chi connectivity index (χ4v) is 2.05. The molecule has 1 aliphatic rings. The summed E-state index contributed by atoms with van der Waals surface area (Å²) in [4.78, 5) is 21.6. The Morgan fingerprint density at radius 3 is 2.57 bits per heavy atom. The summed E-state index contributed by atoms with van der Waals surface area (Å²) in [7, 11) is 0. The molecule has 14 heavy (non-hydrogen) atoms. The fraction of sp³-hybridized carbons (Fsp3) is 0.800. The topological polar surface area (TPSA) is 66.4 Å². The number of hydrogen-bond acceptors (Lipinski definition) is 2. The van der Waals surface area contributed by atoms with Gasteiger partial charge >= 0.3 is 5.97 Å². The maximum atomic E-state index is 10.9. The minimum absolute atomic E-state index is 0.0836. The zero-order chi connectivity index (χ0) is 10.6. The van der Waals surface area contributed by atoms with Gasteiger partial charge in [-0.05, 0) is 18.8 Å². The summed E-state index contributed by atoms with van der Waals surface area (Å²) in [5, 5.41) is 11.7. The molecule has 0 bridgehead atoms. The standard InChI is InChI=1S/C10H17NO3/c1-7(12)11-6-8-4-2-3-5-9(8)10(13)14/h8-9H,2-6H2,1H3,(H,11,12)(H,13,14)/t8-,9-/m0/s1. The van der Waals surface area contributed by atoms with Gasteiger partial charge in [-0.15, -0.1) is 0 Å². The summed E-state index contributed by atoms with van der Waals surface area (Å²) in [6.45, 7) is 1.96. The van der Waals surface area contributed by atoms with E-state index in [1.807, 2.05) is 0 Å². The molecule has 1 amide bonds. The second-order valence-corrected chi connectivity index (χ2v) is 3.93. The molecule has 1 fully saturated rings. The van der Waals surface area contributed by atoms with Crippen LogP contribution in [0.25, 0.3) is 0 Å². The maximum absolute atomic E-state index is 10.9. The Balaban J connectivity index is 2.45. The van der Waals surface area contributed by atoms with Gasteiger partial charge in [0.1, 0.15) is 0 Å². The first kappa shape index (κ1) is 11.0. The van der Waals surface area contributed by atoms with E-state index in [1.54, 1.807) is 0 Å². The van der Waals surface area contributed by atoms with Crippen molar-refractivity contribution in [2.75, 3.05) is 6.54 Å². The third-order valence-corrected chi connectivity index (χ3v) is 2.84. The van der Waals surface area contributed by atoms with Crippen LogP contribution in [-0.2, 0) is 9.59 Å². The number of carboxylic acid groups (broad SMARTS) is 1. The van der Waals surface area contributed by atoms with Gasteiger partial charge in [0, 0.05) is 13.5 Å². The molecule has 80 valence electrons. The molecule has 4 heteroatoms. The van der Waals surface area contributed by atoms with Gasteiger partial charge < -0.3 is 10.4 Å². The maximum Gasteiger partial charge on any atom is 0.306 e. The third-order valence-electron chi connectivity index (χ3n) is 2.84. The first-order chi connectivity index (χ1) is 6.61. The normalized spacial score (nSPS) is 26.9. The van der Waals surface area contributed by atoms with Crippen molar-refractivity contribution in [3.05, 3.63) is 0 Å². The zero-order valence-corrected chi connectivity index (χ0v) is 8.45. The summed E-state index contributed by atoms with van der Waals surface area (Å²) in [5.74, 6) is -0.958. The van der Waals surface area contributed by atoms with Gasteiger partial charge in [0.25, 0.3) is 0 Å². The average Bonchev–Trinajstić information content (AvgIpc) is 2.15. The monoisotopic (exact) mass is 199 g/mol. The highest BCUT2D eigenvalue weighted by atomic mass is 16.4. The second-order valence-electron chi connectivity index (χ2n) is 3.93. The number of carbonyl (C=O) groups is 2. The number of carboxylic acids is 1. The smallest absolute Gasteiger partial charge is 0.306 e. The van der Waals surface area contributed by atoms with E-state index in [0.29, 0.717) is 6.54 Å². The van der Waals surface area contributed by atoms with E-state index in [1.165, 1.54) is 6.92 Å². The van der Waals surface area contributed by atoms with Gasteiger partial charge in [0.15, 0.2) is 0 Å². The van der Waals surface area contributed by atoms with E-state index < -0.39 is 5.97 Å². The minimum Gasteiger partial charge on any atom is -0.481 e. The molecule has 0 spiro atoms. The number of carbonyl (C=O) groups excluding carboxylic acids is 1. The van der Waals surface area contributed by atoms with Crippen LogP contribution in [0.2, 0.25) is 0 Å². The van der Waals surface area contributed by atoms with Crippen molar-refractivity contribution in [3.8, 4) is 0 Å². The molecular formula is C10H17NO3. The first-order valence-corrected chi connectivity index (χ1v) is 5.08. The van der Waals surface area contributed by atoms with Crippen LogP contribution in [-0.4, -0.2) is 23.5 Å². The van der Waals surface area contributed by atoms with E-state index in [0.717, 1.165) is 25.7 Å². The largest absolute Gasteiger partial charge is 0.481 e. The lowest BCUT2D eigenvalue weighted by atomic mass is 9.79. The van der Waals surface area contributed by atoms with Crippen molar-refractivity contribution in [2.45, 2.75) is 32.6 Å². The van der Waals surface area contributed by atoms with Gasteiger partial charge in [-0.1, -0.05) is 12.8 Å². The Morgan fingerprint density at radius 2 is 2.00 bits per heavy atom. The Labute approximate surface area is 83.7 Å². The van der Waals surface area contributed by atoms with Crippen molar-refractivity contribution >= 4 is 11.9 Å². The van der Waals surface area contributed by atoms with E-state index in [-0.39, 0.29) is 17.7 Å².